The number of β-lactam (4-membered cyclic amide) rings is 3. The highest BCUT2D eigenvalue weighted by atomic mass is 16.5. The van der Waals surface area contributed by atoms with E-state index in [1.165, 1.54) is 6.33 Å². The van der Waals surface area contributed by atoms with E-state index >= 15 is 0 Å². The van der Waals surface area contributed by atoms with E-state index in [-0.39, 0.29) is 58.3 Å². The molecule has 9 rings (SSSR count). The second-order valence-electron chi connectivity index (χ2n) is 16.8. The van der Waals surface area contributed by atoms with Gasteiger partial charge in [0, 0.05) is 37.6 Å². The van der Waals surface area contributed by atoms with Crippen LogP contribution in [-0.4, -0.2) is 113 Å². The summed E-state index contributed by atoms with van der Waals surface area (Å²) in [6, 6.07) is 3.50. The highest BCUT2D eigenvalue weighted by Gasteiger charge is 2.58. The van der Waals surface area contributed by atoms with Crippen LogP contribution in [0, 0.1) is 11.8 Å². The average molecular weight is 757 g/mol. The number of aromatic nitrogens is 6. The molecule has 55 heavy (non-hydrogen) atoms. The van der Waals surface area contributed by atoms with Crippen LogP contribution >= 0.6 is 0 Å². The van der Waals surface area contributed by atoms with Crippen LogP contribution in [0.1, 0.15) is 116 Å². The summed E-state index contributed by atoms with van der Waals surface area (Å²) in [6.45, 7) is 17.6. The van der Waals surface area contributed by atoms with Crippen LogP contribution in [0.3, 0.4) is 0 Å². The molecule has 0 radical (unpaired) electrons. The smallest absolute Gasteiger partial charge is 0.250 e. The number of hydrogen-bond donors (Lipinski definition) is 3. The van der Waals surface area contributed by atoms with Gasteiger partial charge in [0.05, 0.1) is 12.6 Å². The van der Waals surface area contributed by atoms with E-state index in [2.05, 4.69) is 87.6 Å². The molecule has 16 nitrogen and oxygen atoms in total. The summed E-state index contributed by atoms with van der Waals surface area (Å²) in [5, 5.41) is 13.7. The zero-order chi connectivity index (χ0) is 39.0. The summed E-state index contributed by atoms with van der Waals surface area (Å²) < 4.78 is 5.14. The molecule has 0 aromatic carbocycles. The van der Waals surface area contributed by atoms with Crippen molar-refractivity contribution in [2.75, 3.05) is 44.2 Å². The second kappa shape index (κ2) is 15.6. The maximum Gasteiger partial charge on any atom is 0.250 e. The molecule has 0 aliphatic carbocycles. The van der Waals surface area contributed by atoms with Crippen LogP contribution in [0.5, 0.6) is 0 Å². The Balaban J connectivity index is 0.000000127. The van der Waals surface area contributed by atoms with Gasteiger partial charge < -0.3 is 30.3 Å². The predicted molar refractivity (Wildman–Crippen MR) is 203 cm³/mol. The lowest BCUT2D eigenvalue weighted by atomic mass is 9.83. The van der Waals surface area contributed by atoms with Crippen molar-refractivity contribution < 1.29 is 18.9 Å². The number of nitrogens with one attached hydrogen (secondary N) is 3. The van der Waals surface area contributed by atoms with Gasteiger partial charge in [-0.2, -0.15) is 4.98 Å². The Morgan fingerprint density at radius 2 is 1.18 bits per heavy atom. The summed E-state index contributed by atoms with van der Waals surface area (Å²) in [5.41, 5.74) is -0.863. The molecule has 3 aromatic rings. The van der Waals surface area contributed by atoms with Crippen LogP contribution in [0.2, 0.25) is 0 Å². The number of likely N-dealkylation sites (tertiary alicyclic amines) is 2. The third-order valence-electron chi connectivity index (χ3n) is 11.9. The summed E-state index contributed by atoms with van der Waals surface area (Å²) in [6.07, 6.45) is 12.7. The molecule has 5 unspecified atom stereocenters. The van der Waals surface area contributed by atoms with Gasteiger partial charge in [-0.3, -0.25) is 19.3 Å². The Morgan fingerprint density at radius 3 is 1.62 bits per heavy atom. The van der Waals surface area contributed by atoms with Gasteiger partial charge in [0.25, 0.3) is 0 Å². The fourth-order valence-corrected chi connectivity index (χ4v) is 8.95. The highest BCUT2D eigenvalue weighted by Crippen LogP contribution is 2.41. The fourth-order valence-electron chi connectivity index (χ4n) is 8.95. The molecule has 296 valence electrons. The lowest BCUT2D eigenvalue weighted by Crippen LogP contribution is -2.72. The Hall–Kier alpha value is -4.41. The quantitative estimate of drug-likeness (QED) is 0.285. The summed E-state index contributed by atoms with van der Waals surface area (Å²) >= 11 is 0. The first-order chi connectivity index (χ1) is 26.4. The third kappa shape index (κ3) is 7.24. The zero-order valence-corrected chi connectivity index (χ0v) is 33.0. The number of hydrogen-bond acceptors (Lipinski definition) is 13. The molecule has 6 fully saturated rings. The lowest BCUT2D eigenvalue weighted by Gasteiger charge is -2.50. The molecular formula is C39H56N12O4. The first-order valence-corrected chi connectivity index (χ1v) is 20.0. The molecule has 5 atom stereocenters. The standard InChI is InChI=1S/C14H20N4O.C13H18N4O.C12H18N4O2/c1-10(2)11(12-15-6-4-7-16-12)18-9-14(13(18)19)5-3-8-17-14;1-9(2)11-14-7-4-10(16-11)17-8-13(12(17)18)5-3-6-15-13;1-8(2)9(10-13-7-15-18-10)16-6-12(11(16)17)4-3-5-14-12/h4,6-7,10-11,17H,3,5,8-9H2,1-2H3;4,7,9,15H,3,5-6,8H2,1-2H3;7-9,14H,3-6H2,1-2H3. The normalized spacial score (nSPS) is 28.0. The number of nitrogens with zero attached hydrogens (tertiary/aromatic N) is 9. The minimum atomic E-state index is -0.298. The number of rotatable bonds is 8. The van der Waals surface area contributed by atoms with Gasteiger partial charge in [-0.25, -0.2) is 19.9 Å². The monoisotopic (exact) mass is 756 g/mol. The Morgan fingerprint density at radius 1 is 0.655 bits per heavy atom. The molecule has 9 heterocycles. The van der Waals surface area contributed by atoms with Crippen molar-refractivity contribution in [3.05, 3.63) is 54.6 Å². The summed E-state index contributed by atoms with van der Waals surface area (Å²) in [4.78, 5) is 64.2. The van der Waals surface area contributed by atoms with E-state index < -0.39 is 0 Å². The van der Waals surface area contributed by atoms with E-state index in [0.29, 0.717) is 11.8 Å². The lowest BCUT2D eigenvalue weighted by molar-refractivity contribution is -0.159. The molecule has 0 saturated carbocycles. The van der Waals surface area contributed by atoms with Crippen LogP contribution in [0.15, 0.2) is 41.6 Å². The van der Waals surface area contributed by atoms with Crippen LogP contribution in [-0.2, 0) is 14.4 Å². The number of carbonyl (C=O) groups is 3. The zero-order valence-electron chi connectivity index (χ0n) is 33.0. The Bertz CT molecular complexity index is 1800. The van der Waals surface area contributed by atoms with Crippen LogP contribution < -0.4 is 20.9 Å². The van der Waals surface area contributed by atoms with Gasteiger partial charge in [0.2, 0.25) is 23.6 Å². The molecule has 6 aliphatic rings. The summed E-state index contributed by atoms with van der Waals surface area (Å²) in [7, 11) is 0. The van der Waals surface area contributed by atoms with Crippen molar-refractivity contribution in [3.63, 3.8) is 0 Å². The molecular weight excluding hydrogens is 701 g/mol. The van der Waals surface area contributed by atoms with Crippen molar-refractivity contribution in [1.29, 1.82) is 0 Å². The molecule has 6 saturated heterocycles. The molecule has 3 amide bonds. The van der Waals surface area contributed by atoms with Gasteiger partial charge >= 0.3 is 0 Å². The fraction of sp³-hybridized carbons (Fsp3) is 0.667. The van der Waals surface area contributed by atoms with E-state index in [9.17, 15) is 14.4 Å². The Kier molecular flexibility index (Phi) is 11.0. The van der Waals surface area contributed by atoms with Crippen molar-refractivity contribution in [2.45, 2.75) is 115 Å². The average Bonchev–Trinajstić information content (AvgIpc) is 4.03. The first kappa shape index (κ1) is 38.8. The van der Waals surface area contributed by atoms with E-state index in [0.717, 1.165) is 95.3 Å². The second-order valence-corrected chi connectivity index (χ2v) is 16.8. The van der Waals surface area contributed by atoms with Crippen molar-refractivity contribution in [3.8, 4) is 0 Å². The van der Waals surface area contributed by atoms with Gasteiger partial charge in [-0.15, -0.1) is 0 Å². The van der Waals surface area contributed by atoms with Crippen LogP contribution in [0.25, 0.3) is 0 Å². The molecule has 3 aromatic heterocycles. The minimum absolute atomic E-state index is 0.0123. The third-order valence-corrected chi connectivity index (χ3v) is 11.9. The summed E-state index contributed by atoms with van der Waals surface area (Å²) in [5.74, 6) is 4.21. The molecule has 16 heteroatoms. The predicted octanol–water partition coefficient (Wildman–Crippen LogP) is 2.94. The maximum absolute atomic E-state index is 12.5. The first-order valence-electron chi connectivity index (χ1n) is 20.0. The molecule has 0 bridgehead atoms. The Labute approximate surface area is 323 Å². The number of carbonyl (C=O) groups excluding carboxylic acids is 3. The maximum atomic E-state index is 12.5. The minimum Gasteiger partial charge on any atom is -0.337 e. The number of amides is 3. The van der Waals surface area contributed by atoms with Gasteiger partial charge in [-0.1, -0.05) is 46.7 Å². The van der Waals surface area contributed by atoms with Crippen molar-refractivity contribution in [2.24, 2.45) is 11.8 Å². The number of anilines is 1. The van der Waals surface area contributed by atoms with Crippen molar-refractivity contribution in [1.82, 2.24) is 55.8 Å². The van der Waals surface area contributed by atoms with Gasteiger partial charge in [0.15, 0.2) is 12.2 Å². The molecule has 3 N–H and O–H groups in total. The van der Waals surface area contributed by atoms with Gasteiger partial charge in [0.1, 0.15) is 34.3 Å². The topological polar surface area (TPSA) is 188 Å². The van der Waals surface area contributed by atoms with Crippen LogP contribution in [0.4, 0.5) is 5.82 Å². The van der Waals surface area contributed by atoms with E-state index in [1.54, 1.807) is 29.6 Å². The van der Waals surface area contributed by atoms with Crippen molar-refractivity contribution >= 4 is 23.5 Å². The molecule has 6 aliphatic heterocycles. The highest BCUT2D eigenvalue weighted by molar-refractivity contribution is 6.07. The van der Waals surface area contributed by atoms with Gasteiger partial charge in [-0.05, 0) is 82.1 Å². The van der Waals surface area contributed by atoms with E-state index in [1.807, 2.05) is 15.9 Å². The SMILES string of the molecule is CC(C)C(c1ncccn1)N1CC2(CCCN2)C1=O.CC(C)C(c1ncno1)N1CC2(CCCN2)C1=O.CC(C)c1nccc(N2CC3(CCCN3)C2=O)n1. The van der Waals surface area contributed by atoms with E-state index in [4.69, 9.17) is 4.52 Å². The largest absolute Gasteiger partial charge is 0.337 e. The molecule has 3 spiro atoms.